The highest BCUT2D eigenvalue weighted by Crippen LogP contribution is 2.29. The molecule has 0 radical (unpaired) electrons. The van der Waals surface area contributed by atoms with E-state index in [1.807, 2.05) is 0 Å². The number of rotatable bonds is 6. The summed E-state index contributed by atoms with van der Waals surface area (Å²) in [4.78, 5) is 20.4. The smallest absolute Gasteiger partial charge is 0.444 e. The second-order valence-corrected chi connectivity index (χ2v) is 8.09. The number of aromatic nitrogens is 3. The van der Waals surface area contributed by atoms with Crippen LogP contribution in [-0.4, -0.2) is 41.6 Å². The quantitative estimate of drug-likeness (QED) is 0.578. The summed E-state index contributed by atoms with van der Waals surface area (Å²) in [5.41, 5.74) is 1.45. The first-order valence-electron chi connectivity index (χ1n) is 8.79. The number of amides is 1. The minimum absolute atomic E-state index is 0.140. The molecule has 32 heavy (non-hydrogen) atoms. The van der Waals surface area contributed by atoms with Crippen molar-refractivity contribution in [3.63, 3.8) is 0 Å². The molecule has 0 saturated heterocycles. The van der Waals surface area contributed by atoms with E-state index in [9.17, 15) is 26.4 Å². The number of halogens is 3. The molecule has 0 fully saturated rings. The van der Waals surface area contributed by atoms with E-state index in [1.165, 1.54) is 42.4 Å². The van der Waals surface area contributed by atoms with E-state index in [4.69, 9.17) is 9.88 Å². The van der Waals surface area contributed by atoms with Gasteiger partial charge in [-0.25, -0.2) is 23.3 Å². The fourth-order valence-corrected chi connectivity index (χ4v) is 2.93. The molecule has 0 aliphatic heterocycles. The Hall–Kier alpha value is -3.52. The molecular weight excluding hydrogens is 455 g/mol. The summed E-state index contributed by atoms with van der Waals surface area (Å²) in [5.74, 6) is -1.65. The standard InChI is InChI=1S/C18H16F3N5O5S/c1-26(17(27)30-10-12-4-7-14(23-8-12)32(22,28)29)9-11-2-5-13(6-3-11)15-24-16(31-25-15)18(19,20)21/h2-8H,9-10H2,1H3,(H2,22,28,29). The molecule has 1 aromatic carbocycles. The second kappa shape index (κ2) is 8.92. The third-order valence-electron chi connectivity index (χ3n) is 4.06. The first-order valence-corrected chi connectivity index (χ1v) is 10.3. The zero-order chi connectivity index (χ0) is 23.5. The van der Waals surface area contributed by atoms with Crippen LogP contribution < -0.4 is 5.14 Å². The molecule has 0 saturated carbocycles. The number of carbonyl (C=O) groups excluding carboxylic acids is 1. The number of sulfonamides is 1. The molecule has 0 aliphatic rings. The van der Waals surface area contributed by atoms with Crippen LogP contribution in [0.3, 0.4) is 0 Å². The summed E-state index contributed by atoms with van der Waals surface area (Å²) >= 11 is 0. The number of hydrogen-bond donors (Lipinski definition) is 1. The maximum Gasteiger partial charge on any atom is 0.471 e. The lowest BCUT2D eigenvalue weighted by Gasteiger charge is -2.17. The predicted octanol–water partition coefficient (Wildman–Crippen LogP) is 2.57. The Morgan fingerprint density at radius 3 is 2.34 bits per heavy atom. The van der Waals surface area contributed by atoms with Crippen LogP contribution in [0.25, 0.3) is 11.4 Å². The van der Waals surface area contributed by atoms with E-state index in [-0.39, 0.29) is 24.0 Å². The van der Waals surface area contributed by atoms with Crippen molar-refractivity contribution in [1.82, 2.24) is 20.0 Å². The van der Waals surface area contributed by atoms with Gasteiger partial charge in [0.2, 0.25) is 5.82 Å². The summed E-state index contributed by atoms with van der Waals surface area (Å²) in [6, 6.07) is 8.81. The second-order valence-electron chi connectivity index (χ2n) is 6.58. The molecule has 2 aromatic heterocycles. The monoisotopic (exact) mass is 471 g/mol. The number of pyridine rings is 1. The maximum absolute atomic E-state index is 12.6. The van der Waals surface area contributed by atoms with Gasteiger partial charge in [0.05, 0.1) is 0 Å². The minimum Gasteiger partial charge on any atom is -0.444 e. The fourth-order valence-electron chi connectivity index (χ4n) is 2.47. The normalized spacial score (nSPS) is 11.9. The first kappa shape index (κ1) is 23.1. The van der Waals surface area contributed by atoms with Gasteiger partial charge in [0.25, 0.3) is 10.0 Å². The van der Waals surface area contributed by atoms with Crippen LogP contribution in [-0.2, 0) is 34.1 Å². The average Bonchev–Trinajstić information content (AvgIpc) is 3.23. The summed E-state index contributed by atoms with van der Waals surface area (Å²) in [7, 11) is -2.42. The highest BCUT2D eigenvalue weighted by molar-refractivity contribution is 7.89. The van der Waals surface area contributed by atoms with Gasteiger partial charge >= 0.3 is 18.2 Å². The number of hydrogen-bond acceptors (Lipinski definition) is 8. The molecule has 2 N–H and O–H groups in total. The molecule has 3 aromatic rings. The van der Waals surface area contributed by atoms with Crippen molar-refractivity contribution in [2.24, 2.45) is 5.14 Å². The maximum atomic E-state index is 12.6. The Bertz CT molecular complexity index is 1190. The number of carbonyl (C=O) groups is 1. The van der Waals surface area contributed by atoms with E-state index in [1.54, 1.807) is 12.1 Å². The van der Waals surface area contributed by atoms with E-state index in [2.05, 4.69) is 19.6 Å². The van der Waals surface area contributed by atoms with Gasteiger partial charge in [0.1, 0.15) is 6.61 Å². The average molecular weight is 471 g/mol. The Morgan fingerprint density at radius 1 is 1.16 bits per heavy atom. The third-order valence-corrected chi connectivity index (χ3v) is 4.89. The van der Waals surface area contributed by atoms with E-state index in [0.717, 1.165) is 0 Å². The van der Waals surface area contributed by atoms with Crippen molar-refractivity contribution in [3.05, 3.63) is 59.6 Å². The summed E-state index contributed by atoms with van der Waals surface area (Å²) in [5, 5.41) is 7.97. The summed E-state index contributed by atoms with van der Waals surface area (Å²) in [6.45, 7) is 0.0150. The molecule has 0 atom stereocenters. The van der Waals surface area contributed by atoms with Crippen molar-refractivity contribution < 1.29 is 35.6 Å². The fraction of sp³-hybridized carbons (Fsp3) is 0.222. The van der Waals surface area contributed by atoms with Gasteiger partial charge in [-0.15, -0.1) is 0 Å². The first-order chi connectivity index (χ1) is 14.9. The Labute approximate surface area is 179 Å². The zero-order valence-corrected chi connectivity index (χ0v) is 17.2. The van der Waals surface area contributed by atoms with Crippen LogP contribution in [0.1, 0.15) is 17.0 Å². The number of alkyl halides is 3. The van der Waals surface area contributed by atoms with Crippen LogP contribution in [0, 0.1) is 0 Å². The number of primary sulfonamides is 1. The highest BCUT2D eigenvalue weighted by atomic mass is 32.2. The van der Waals surface area contributed by atoms with Gasteiger partial charge in [0.15, 0.2) is 5.03 Å². The molecule has 3 rings (SSSR count). The van der Waals surface area contributed by atoms with Crippen LogP contribution >= 0.6 is 0 Å². The largest absolute Gasteiger partial charge is 0.471 e. The number of nitrogens with two attached hydrogens (primary N) is 1. The van der Waals surface area contributed by atoms with Gasteiger partial charge in [0, 0.05) is 30.9 Å². The molecule has 0 aliphatic carbocycles. The molecule has 0 spiro atoms. The SMILES string of the molecule is CN(Cc1ccc(-c2noc(C(F)(F)F)n2)cc1)C(=O)OCc1ccc(S(N)(=O)=O)nc1. The number of ether oxygens (including phenoxy) is 1. The summed E-state index contributed by atoms with van der Waals surface area (Å²) < 4.78 is 69.4. The van der Waals surface area contributed by atoms with Crippen molar-refractivity contribution in [3.8, 4) is 11.4 Å². The Kier molecular flexibility index (Phi) is 6.45. The minimum atomic E-state index is -4.73. The topological polar surface area (TPSA) is 142 Å². The third kappa shape index (κ3) is 5.79. The lowest BCUT2D eigenvalue weighted by molar-refractivity contribution is -0.159. The number of nitrogens with zero attached hydrogens (tertiary/aromatic N) is 4. The van der Waals surface area contributed by atoms with Crippen LogP contribution in [0.5, 0.6) is 0 Å². The summed E-state index contributed by atoms with van der Waals surface area (Å²) in [6.07, 6.45) is -4.15. The van der Waals surface area contributed by atoms with E-state index < -0.39 is 28.2 Å². The molecule has 0 unspecified atom stereocenters. The van der Waals surface area contributed by atoms with E-state index in [0.29, 0.717) is 16.7 Å². The molecule has 10 nitrogen and oxygen atoms in total. The van der Waals surface area contributed by atoms with Crippen LogP contribution in [0.2, 0.25) is 0 Å². The van der Waals surface area contributed by atoms with Crippen molar-refractivity contribution in [2.45, 2.75) is 24.4 Å². The van der Waals surface area contributed by atoms with Gasteiger partial charge in [-0.1, -0.05) is 35.5 Å². The number of benzene rings is 1. The van der Waals surface area contributed by atoms with Gasteiger partial charge in [-0.2, -0.15) is 18.2 Å². The van der Waals surface area contributed by atoms with Gasteiger partial charge in [-0.3, -0.25) is 0 Å². The molecule has 0 bridgehead atoms. The molecule has 2 heterocycles. The van der Waals surface area contributed by atoms with Crippen molar-refractivity contribution >= 4 is 16.1 Å². The van der Waals surface area contributed by atoms with Gasteiger partial charge < -0.3 is 14.2 Å². The van der Waals surface area contributed by atoms with Crippen molar-refractivity contribution in [2.75, 3.05) is 7.05 Å². The zero-order valence-electron chi connectivity index (χ0n) is 16.4. The van der Waals surface area contributed by atoms with Crippen LogP contribution in [0.4, 0.5) is 18.0 Å². The lowest BCUT2D eigenvalue weighted by Crippen LogP contribution is -2.26. The molecule has 1 amide bonds. The van der Waals surface area contributed by atoms with Crippen molar-refractivity contribution in [1.29, 1.82) is 0 Å². The van der Waals surface area contributed by atoms with Crippen LogP contribution in [0.15, 0.2) is 52.1 Å². The molecule has 170 valence electrons. The van der Waals surface area contributed by atoms with E-state index >= 15 is 0 Å². The molecular formula is C18H16F3N5O5S. The lowest BCUT2D eigenvalue weighted by atomic mass is 10.1. The Balaban J connectivity index is 1.55. The predicted molar refractivity (Wildman–Crippen MR) is 102 cm³/mol. The van der Waals surface area contributed by atoms with Gasteiger partial charge in [-0.05, 0) is 11.6 Å². The highest BCUT2D eigenvalue weighted by Gasteiger charge is 2.38. The molecule has 14 heteroatoms. The Morgan fingerprint density at radius 2 is 1.81 bits per heavy atom.